The van der Waals surface area contributed by atoms with Crippen molar-refractivity contribution in [2.45, 2.75) is 38.0 Å². The predicted octanol–water partition coefficient (Wildman–Crippen LogP) is 2.10. The molecule has 0 bridgehead atoms. The number of fused-ring (bicyclic) bond motifs is 1. The number of carbonyl (C=O) groups is 1. The van der Waals surface area contributed by atoms with Gasteiger partial charge in [0, 0.05) is 17.6 Å². The fraction of sp³-hybridized carbons (Fsp3) is 0.500. The Morgan fingerprint density at radius 1 is 1.43 bits per heavy atom. The Kier molecular flexibility index (Phi) is 6.36. The Balaban J connectivity index is 1.80. The highest BCUT2D eigenvalue weighted by atomic mass is 35.5. The third kappa shape index (κ3) is 5.07. The van der Waals surface area contributed by atoms with Gasteiger partial charge in [0.25, 0.3) is 5.56 Å². The lowest BCUT2D eigenvalue weighted by Crippen LogP contribution is -2.37. The first kappa shape index (κ1) is 21.1. The molecule has 1 aromatic carbocycles. The van der Waals surface area contributed by atoms with Crippen molar-refractivity contribution in [3.05, 3.63) is 33.6 Å². The van der Waals surface area contributed by atoms with E-state index in [4.69, 9.17) is 11.6 Å². The van der Waals surface area contributed by atoms with Crippen LogP contribution in [0.4, 0.5) is 0 Å². The SMILES string of the molecule is CC(C)Cn1c(SCC(=O)NC2CCS(=O)(=O)C2)nc2cc(Cl)ccc2c1=O. The lowest BCUT2D eigenvalue weighted by atomic mass is 10.2. The number of hydrogen-bond acceptors (Lipinski definition) is 6. The molecule has 1 aliphatic heterocycles. The largest absolute Gasteiger partial charge is 0.352 e. The van der Waals surface area contributed by atoms with Crippen LogP contribution in [0, 0.1) is 5.92 Å². The number of amides is 1. The third-order valence-electron chi connectivity index (χ3n) is 4.36. The Labute approximate surface area is 172 Å². The first-order valence-electron chi connectivity index (χ1n) is 8.97. The second kappa shape index (κ2) is 8.42. The van der Waals surface area contributed by atoms with Gasteiger partial charge in [0.2, 0.25) is 5.91 Å². The van der Waals surface area contributed by atoms with E-state index in [9.17, 15) is 18.0 Å². The number of nitrogens with zero attached hydrogens (tertiary/aromatic N) is 2. The van der Waals surface area contributed by atoms with E-state index in [1.54, 1.807) is 22.8 Å². The first-order valence-corrected chi connectivity index (χ1v) is 12.2. The van der Waals surface area contributed by atoms with Gasteiger partial charge in [-0.1, -0.05) is 37.2 Å². The number of halogens is 1. The van der Waals surface area contributed by atoms with Gasteiger partial charge >= 0.3 is 0 Å². The van der Waals surface area contributed by atoms with Crippen molar-refractivity contribution in [2.24, 2.45) is 5.92 Å². The minimum atomic E-state index is -3.05. The highest BCUT2D eigenvalue weighted by Gasteiger charge is 2.29. The zero-order chi connectivity index (χ0) is 20.5. The fourth-order valence-corrected chi connectivity index (χ4v) is 5.78. The average Bonchev–Trinajstić information content (AvgIpc) is 2.93. The number of benzene rings is 1. The lowest BCUT2D eigenvalue weighted by molar-refractivity contribution is -0.119. The maximum atomic E-state index is 12.9. The Morgan fingerprint density at radius 2 is 2.18 bits per heavy atom. The summed E-state index contributed by atoms with van der Waals surface area (Å²) in [6.45, 7) is 4.48. The number of rotatable bonds is 6. The number of aromatic nitrogens is 2. The molecule has 0 aliphatic carbocycles. The summed E-state index contributed by atoms with van der Waals surface area (Å²) in [7, 11) is -3.05. The summed E-state index contributed by atoms with van der Waals surface area (Å²) in [6, 6.07) is 4.60. The molecule has 1 saturated heterocycles. The minimum absolute atomic E-state index is 0.0197. The van der Waals surface area contributed by atoms with Crippen LogP contribution in [-0.2, 0) is 21.2 Å². The normalized spacial score (nSPS) is 18.6. The van der Waals surface area contributed by atoms with E-state index in [-0.39, 0.29) is 40.7 Å². The smallest absolute Gasteiger partial charge is 0.262 e. The van der Waals surface area contributed by atoms with Gasteiger partial charge in [-0.3, -0.25) is 14.2 Å². The quantitative estimate of drug-likeness (QED) is 0.542. The zero-order valence-corrected chi connectivity index (χ0v) is 18.0. The molecule has 2 heterocycles. The number of sulfone groups is 1. The summed E-state index contributed by atoms with van der Waals surface area (Å²) in [6.07, 6.45) is 0.434. The Hall–Kier alpha value is -1.58. The van der Waals surface area contributed by atoms with Crippen molar-refractivity contribution in [3.8, 4) is 0 Å². The number of carbonyl (C=O) groups excluding carboxylic acids is 1. The standard InChI is InChI=1S/C18H22ClN3O4S2/c1-11(2)8-22-17(24)14-4-3-12(19)7-15(14)21-18(22)27-9-16(23)20-13-5-6-28(25,26)10-13/h3-4,7,11,13H,5-6,8-10H2,1-2H3,(H,20,23). The van der Waals surface area contributed by atoms with Crippen LogP contribution in [0.1, 0.15) is 20.3 Å². The minimum Gasteiger partial charge on any atom is -0.352 e. The van der Waals surface area contributed by atoms with E-state index in [1.807, 2.05) is 13.8 Å². The van der Waals surface area contributed by atoms with Crippen LogP contribution in [0.2, 0.25) is 5.02 Å². The van der Waals surface area contributed by atoms with E-state index in [0.717, 1.165) is 11.8 Å². The molecule has 10 heteroatoms. The van der Waals surface area contributed by atoms with Crippen molar-refractivity contribution < 1.29 is 13.2 Å². The molecule has 2 aromatic rings. The van der Waals surface area contributed by atoms with Crippen molar-refractivity contribution in [1.29, 1.82) is 0 Å². The number of nitrogens with one attached hydrogen (secondary N) is 1. The number of hydrogen-bond donors (Lipinski definition) is 1. The average molecular weight is 444 g/mol. The summed E-state index contributed by atoms with van der Waals surface area (Å²) >= 11 is 7.19. The lowest BCUT2D eigenvalue weighted by Gasteiger charge is -2.15. The number of thioether (sulfide) groups is 1. The van der Waals surface area contributed by atoms with Crippen LogP contribution >= 0.6 is 23.4 Å². The van der Waals surface area contributed by atoms with Gasteiger partial charge in [0.1, 0.15) is 0 Å². The molecule has 1 aromatic heterocycles. The van der Waals surface area contributed by atoms with E-state index >= 15 is 0 Å². The molecule has 1 amide bonds. The van der Waals surface area contributed by atoms with Gasteiger partial charge in [0.05, 0.1) is 28.2 Å². The van der Waals surface area contributed by atoms with Gasteiger partial charge < -0.3 is 5.32 Å². The second-order valence-corrected chi connectivity index (χ2v) is 10.9. The van der Waals surface area contributed by atoms with Crippen molar-refractivity contribution in [3.63, 3.8) is 0 Å². The Morgan fingerprint density at radius 3 is 2.82 bits per heavy atom. The van der Waals surface area contributed by atoms with Crippen LogP contribution in [-0.4, -0.2) is 47.2 Å². The van der Waals surface area contributed by atoms with Crippen molar-refractivity contribution in [1.82, 2.24) is 14.9 Å². The molecule has 3 rings (SSSR count). The first-order chi connectivity index (χ1) is 13.1. The molecular formula is C18H22ClN3O4S2. The van der Waals surface area contributed by atoms with Crippen LogP contribution in [0.25, 0.3) is 10.9 Å². The summed E-state index contributed by atoms with van der Waals surface area (Å²) in [5.41, 5.74) is 0.322. The molecule has 0 spiro atoms. The molecule has 0 saturated carbocycles. The maximum Gasteiger partial charge on any atom is 0.262 e. The van der Waals surface area contributed by atoms with E-state index < -0.39 is 9.84 Å². The van der Waals surface area contributed by atoms with Crippen molar-refractivity contribution in [2.75, 3.05) is 17.3 Å². The van der Waals surface area contributed by atoms with E-state index in [1.165, 1.54) is 0 Å². The summed E-state index contributed by atoms with van der Waals surface area (Å²) in [5, 5.41) is 4.16. The van der Waals surface area contributed by atoms with Crippen LogP contribution < -0.4 is 10.9 Å². The fourth-order valence-electron chi connectivity index (χ4n) is 3.12. The highest BCUT2D eigenvalue weighted by molar-refractivity contribution is 7.99. The van der Waals surface area contributed by atoms with E-state index in [2.05, 4.69) is 10.3 Å². The molecule has 1 N–H and O–H groups in total. The molecule has 1 atom stereocenters. The molecule has 28 heavy (non-hydrogen) atoms. The molecule has 1 unspecified atom stereocenters. The van der Waals surface area contributed by atoms with Gasteiger partial charge in [-0.25, -0.2) is 13.4 Å². The van der Waals surface area contributed by atoms with Crippen LogP contribution in [0.15, 0.2) is 28.2 Å². The third-order valence-corrected chi connectivity index (χ3v) is 7.34. The molecular weight excluding hydrogens is 422 g/mol. The summed E-state index contributed by atoms with van der Waals surface area (Å²) in [4.78, 5) is 29.7. The molecule has 1 fully saturated rings. The summed E-state index contributed by atoms with van der Waals surface area (Å²) < 4.78 is 24.6. The topological polar surface area (TPSA) is 98.1 Å². The molecule has 0 radical (unpaired) electrons. The summed E-state index contributed by atoms with van der Waals surface area (Å²) in [5.74, 6) is 0.0811. The zero-order valence-electron chi connectivity index (χ0n) is 15.6. The van der Waals surface area contributed by atoms with Gasteiger partial charge in [-0.2, -0.15) is 0 Å². The van der Waals surface area contributed by atoms with Gasteiger partial charge in [-0.05, 0) is 30.5 Å². The molecule has 152 valence electrons. The highest BCUT2D eigenvalue weighted by Crippen LogP contribution is 2.21. The Bertz CT molecular complexity index is 1070. The van der Waals surface area contributed by atoms with Crippen molar-refractivity contribution >= 4 is 50.0 Å². The molecule has 7 nitrogen and oxygen atoms in total. The van der Waals surface area contributed by atoms with E-state index in [0.29, 0.717) is 34.0 Å². The van der Waals surface area contributed by atoms with Gasteiger partial charge in [0.15, 0.2) is 15.0 Å². The second-order valence-electron chi connectivity index (χ2n) is 7.32. The maximum absolute atomic E-state index is 12.9. The monoisotopic (exact) mass is 443 g/mol. The van der Waals surface area contributed by atoms with Crippen LogP contribution in [0.5, 0.6) is 0 Å². The van der Waals surface area contributed by atoms with Crippen LogP contribution in [0.3, 0.4) is 0 Å². The molecule has 1 aliphatic rings. The predicted molar refractivity (Wildman–Crippen MR) is 112 cm³/mol. The van der Waals surface area contributed by atoms with Gasteiger partial charge in [-0.15, -0.1) is 0 Å².